The lowest BCUT2D eigenvalue weighted by Gasteiger charge is -2.14. The molecule has 10 nitrogen and oxygen atoms in total. The molecule has 3 aromatic heterocycles. The normalized spacial score (nSPS) is 18.4. The van der Waals surface area contributed by atoms with Crippen molar-refractivity contribution in [3.63, 3.8) is 0 Å². The third kappa shape index (κ3) is 3.83. The molecule has 1 aliphatic rings. The first kappa shape index (κ1) is 19.2. The highest BCUT2D eigenvalue weighted by Crippen LogP contribution is 2.30. The monoisotopic (exact) mass is 418 g/mol. The van der Waals surface area contributed by atoms with E-state index in [9.17, 15) is 4.79 Å². The average Bonchev–Trinajstić information content (AvgIpc) is 3.42. The maximum atomic E-state index is 12.0. The molecule has 0 radical (unpaired) electrons. The fourth-order valence-corrected chi connectivity index (χ4v) is 3.96. The highest BCUT2D eigenvalue weighted by Gasteiger charge is 2.27. The summed E-state index contributed by atoms with van der Waals surface area (Å²) in [4.78, 5) is 21.1. The fourth-order valence-electron chi connectivity index (χ4n) is 3.96. The average molecular weight is 418 g/mol. The van der Waals surface area contributed by atoms with E-state index in [0.29, 0.717) is 23.7 Å². The minimum atomic E-state index is -0.0730. The molecular formula is C21H22N8O2. The third-order valence-electron chi connectivity index (χ3n) is 5.41. The number of hydrogen-bond acceptors (Lipinski definition) is 8. The van der Waals surface area contributed by atoms with Crippen molar-refractivity contribution < 1.29 is 4.74 Å². The Balaban J connectivity index is 1.35. The molecule has 1 N–H and O–H groups in total. The summed E-state index contributed by atoms with van der Waals surface area (Å²) in [6, 6.07) is 11.1. The van der Waals surface area contributed by atoms with E-state index >= 15 is 0 Å². The molecule has 0 bridgehead atoms. The van der Waals surface area contributed by atoms with Crippen molar-refractivity contribution in [2.75, 3.05) is 11.9 Å². The molecule has 31 heavy (non-hydrogen) atoms. The summed E-state index contributed by atoms with van der Waals surface area (Å²) in [5, 5.41) is 16.0. The van der Waals surface area contributed by atoms with Crippen LogP contribution in [0.1, 0.15) is 32.2 Å². The fraction of sp³-hybridized carbons (Fsp3) is 0.333. The predicted octanol–water partition coefficient (Wildman–Crippen LogP) is 2.37. The SMILES string of the molecule is CCOc1ccc(-n2nnc3cnc(N[C@H]4CC[C@H](n5ncccc5=O)C4)nc32)cc1. The van der Waals surface area contributed by atoms with E-state index in [0.717, 1.165) is 30.7 Å². The molecule has 0 saturated heterocycles. The van der Waals surface area contributed by atoms with Gasteiger partial charge in [0.1, 0.15) is 5.75 Å². The van der Waals surface area contributed by atoms with Crippen molar-refractivity contribution in [3.05, 3.63) is 59.1 Å². The van der Waals surface area contributed by atoms with Gasteiger partial charge in [0.05, 0.1) is 24.5 Å². The van der Waals surface area contributed by atoms with E-state index in [1.807, 2.05) is 31.2 Å². The molecule has 1 saturated carbocycles. The summed E-state index contributed by atoms with van der Waals surface area (Å²) in [5.74, 6) is 1.32. The standard InChI is InChI=1S/C21H22N8O2/c1-2-31-17-9-7-15(8-10-17)29-20-18(26-27-29)13-22-21(25-20)24-14-5-6-16(12-14)28-19(30)4-3-11-23-28/h3-4,7-11,13-14,16H,2,5-6,12H2,1H3,(H,22,24,25)/t14-,16-/m0/s1. The van der Waals surface area contributed by atoms with Gasteiger partial charge >= 0.3 is 0 Å². The van der Waals surface area contributed by atoms with Crippen LogP contribution in [0.2, 0.25) is 0 Å². The van der Waals surface area contributed by atoms with Crippen molar-refractivity contribution in [1.29, 1.82) is 0 Å². The summed E-state index contributed by atoms with van der Waals surface area (Å²) in [7, 11) is 0. The zero-order chi connectivity index (χ0) is 21.2. The second-order valence-electron chi connectivity index (χ2n) is 7.45. The highest BCUT2D eigenvalue weighted by atomic mass is 16.5. The van der Waals surface area contributed by atoms with Crippen molar-refractivity contribution in [3.8, 4) is 11.4 Å². The molecular weight excluding hydrogens is 396 g/mol. The molecule has 1 aromatic carbocycles. The summed E-state index contributed by atoms with van der Waals surface area (Å²) < 4.78 is 8.75. The molecule has 0 spiro atoms. The zero-order valence-corrected chi connectivity index (χ0v) is 17.0. The topological polar surface area (TPSA) is 113 Å². The van der Waals surface area contributed by atoms with E-state index in [-0.39, 0.29) is 17.6 Å². The summed E-state index contributed by atoms with van der Waals surface area (Å²) in [6.45, 7) is 2.57. The Labute approximate surface area is 177 Å². The molecule has 0 amide bonds. The number of rotatable bonds is 6. The smallest absolute Gasteiger partial charge is 0.266 e. The maximum Gasteiger partial charge on any atom is 0.266 e. The Kier molecular flexibility index (Phi) is 5.03. The number of fused-ring (bicyclic) bond motifs is 1. The number of anilines is 1. The van der Waals surface area contributed by atoms with Crippen LogP contribution in [-0.4, -0.2) is 47.4 Å². The van der Waals surface area contributed by atoms with E-state index < -0.39 is 0 Å². The van der Waals surface area contributed by atoms with Gasteiger partial charge in [-0.2, -0.15) is 14.8 Å². The van der Waals surface area contributed by atoms with Gasteiger partial charge in [0.2, 0.25) is 5.95 Å². The van der Waals surface area contributed by atoms with Crippen molar-refractivity contribution in [1.82, 2.24) is 34.7 Å². The predicted molar refractivity (Wildman–Crippen MR) is 114 cm³/mol. The van der Waals surface area contributed by atoms with Crippen LogP contribution < -0.4 is 15.6 Å². The van der Waals surface area contributed by atoms with Crippen molar-refractivity contribution in [2.45, 2.75) is 38.3 Å². The molecule has 1 fully saturated rings. The summed E-state index contributed by atoms with van der Waals surface area (Å²) in [6.07, 6.45) is 5.88. The first-order chi connectivity index (χ1) is 15.2. The minimum Gasteiger partial charge on any atom is -0.494 e. The van der Waals surface area contributed by atoms with E-state index in [2.05, 4.69) is 30.7 Å². The van der Waals surface area contributed by atoms with Crippen LogP contribution in [0, 0.1) is 0 Å². The van der Waals surface area contributed by atoms with Crippen LogP contribution in [0.15, 0.2) is 53.6 Å². The number of aromatic nitrogens is 7. The van der Waals surface area contributed by atoms with Crippen LogP contribution in [-0.2, 0) is 0 Å². The third-order valence-corrected chi connectivity index (χ3v) is 5.41. The van der Waals surface area contributed by atoms with Gasteiger partial charge in [0.25, 0.3) is 5.56 Å². The lowest BCUT2D eigenvalue weighted by Crippen LogP contribution is -2.26. The number of nitrogens with one attached hydrogen (secondary N) is 1. The van der Waals surface area contributed by atoms with Gasteiger partial charge in [-0.15, -0.1) is 5.10 Å². The Bertz CT molecular complexity index is 1250. The largest absolute Gasteiger partial charge is 0.494 e. The van der Waals surface area contributed by atoms with Crippen LogP contribution in [0.3, 0.4) is 0 Å². The first-order valence-corrected chi connectivity index (χ1v) is 10.3. The zero-order valence-electron chi connectivity index (χ0n) is 17.0. The van der Waals surface area contributed by atoms with Gasteiger partial charge in [-0.1, -0.05) is 5.21 Å². The molecule has 0 aliphatic heterocycles. The lowest BCUT2D eigenvalue weighted by atomic mass is 10.2. The van der Waals surface area contributed by atoms with Gasteiger partial charge < -0.3 is 10.1 Å². The molecule has 10 heteroatoms. The molecule has 1 aliphatic carbocycles. The summed E-state index contributed by atoms with van der Waals surface area (Å²) >= 11 is 0. The summed E-state index contributed by atoms with van der Waals surface area (Å²) in [5.41, 5.74) is 2.00. The number of hydrogen-bond donors (Lipinski definition) is 1. The first-order valence-electron chi connectivity index (χ1n) is 10.3. The maximum absolute atomic E-state index is 12.0. The quantitative estimate of drug-likeness (QED) is 0.508. The van der Waals surface area contributed by atoms with Gasteiger partial charge in [0.15, 0.2) is 11.2 Å². The second-order valence-corrected chi connectivity index (χ2v) is 7.45. The molecule has 158 valence electrons. The van der Waals surface area contributed by atoms with Gasteiger partial charge in [0, 0.05) is 18.3 Å². The van der Waals surface area contributed by atoms with Crippen LogP contribution in [0.25, 0.3) is 16.9 Å². The van der Waals surface area contributed by atoms with Crippen LogP contribution in [0.4, 0.5) is 5.95 Å². The Morgan fingerprint density at radius 3 is 2.87 bits per heavy atom. The number of benzene rings is 1. The van der Waals surface area contributed by atoms with E-state index in [1.165, 1.54) is 0 Å². The minimum absolute atomic E-state index is 0.0730. The molecule has 4 aromatic rings. The van der Waals surface area contributed by atoms with Gasteiger partial charge in [-0.3, -0.25) is 4.79 Å². The Morgan fingerprint density at radius 2 is 2.06 bits per heavy atom. The molecule has 3 heterocycles. The molecule has 5 rings (SSSR count). The van der Waals surface area contributed by atoms with Gasteiger partial charge in [-0.05, 0) is 56.5 Å². The second kappa shape index (κ2) is 8.13. The van der Waals surface area contributed by atoms with Gasteiger partial charge in [-0.25, -0.2) is 9.67 Å². The van der Waals surface area contributed by atoms with Crippen LogP contribution in [0.5, 0.6) is 5.75 Å². The van der Waals surface area contributed by atoms with E-state index in [1.54, 1.807) is 33.9 Å². The number of nitrogens with zero attached hydrogens (tertiary/aromatic N) is 7. The Hall–Kier alpha value is -3.82. The van der Waals surface area contributed by atoms with E-state index in [4.69, 9.17) is 4.74 Å². The van der Waals surface area contributed by atoms with Crippen LogP contribution >= 0.6 is 0 Å². The highest BCUT2D eigenvalue weighted by molar-refractivity contribution is 5.72. The lowest BCUT2D eigenvalue weighted by molar-refractivity contribution is 0.340. The Morgan fingerprint density at radius 1 is 1.19 bits per heavy atom. The van der Waals surface area contributed by atoms with Crippen molar-refractivity contribution in [2.24, 2.45) is 0 Å². The number of ether oxygens (including phenoxy) is 1. The molecule has 0 unspecified atom stereocenters. The molecule has 2 atom stereocenters. The van der Waals surface area contributed by atoms with Crippen molar-refractivity contribution >= 4 is 17.1 Å².